The smallest absolute Gasteiger partial charge is 0.224 e. The van der Waals surface area contributed by atoms with Crippen molar-refractivity contribution in [1.29, 1.82) is 0 Å². The number of ether oxygens (including phenoxy) is 1. The van der Waals surface area contributed by atoms with E-state index in [2.05, 4.69) is 10.2 Å². The number of benzene rings is 1. The minimum atomic E-state index is 0.0910. The number of carbonyl (C=O) groups excluding carboxylic acids is 1. The molecule has 0 atom stereocenters. The average molecular weight is 334 g/mol. The molecule has 0 spiro atoms. The predicted molar refractivity (Wildman–Crippen MR) is 91.9 cm³/mol. The van der Waals surface area contributed by atoms with Crippen molar-refractivity contribution in [3.63, 3.8) is 0 Å². The highest BCUT2D eigenvalue weighted by molar-refractivity contribution is 7.71. The van der Waals surface area contributed by atoms with Gasteiger partial charge in [-0.1, -0.05) is 0 Å². The lowest BCUT2D eigenvalue weighted by Crippen LogP contribution is -2.27. The number of nitrogens with one attached hydrogen (secondary N) is 1. The molecule has 0 aliphatic rings. The third-order valence-corrected chi connectivity index (χ3v) is 3.94. The van der Waals surface area contributed by atoms with E-state index in [-0.39, 0.29) is 5.91 Å². The highest BCUT2D eigenvalue weighted by atomic mass is 32.1. The first-order valence-electron chi connectivity index (χ1n) is 7.69. The minimum absolute atomic E-state index is 0.0910. The maximum absolute atomic E-state index is 12.0. The van der Waals surface area contributed by atoms with E-state index < -0.39 is 0 Å². The summed E-state index contributed by atoms with van der Waals surface area (Å²) in [4.78, 5) is 13.7. The van der Waals surface area contributed by atoms with Crippen molar-refractivity contribution in [2.75, 3.05) is 20.2 Å². The number of hydrogen-bond acceptors (Lipinski definition) is 4. The number of hydrogen-bond donors (Lipinski definition) is 1. The molecule has 124 valence electrons. The van der Waals surface area contributed by atoms with Gasteiger partial charge in [0, 0.05) is 32.1 Å². The minimum Gasteiger partial charge on any atom is -0.494 e. The Kier molecular flexibility index (Phi) is 5.92. The van der Waals surface area contributed by atoms with Gasteiger partial charge in [0.1, 0.15) is 5.75 Å². The molecular formula is C16H22N4O2S. The molecule has 2 rings (SSSR count). The monoisotopic (exact) mass is 334 g/mol. The van der Waals surface area contributed by atoms with Crippen LogP contribution in [-0.2, 0) is 11.3 Å². The first-order valence-corrected chi connectivity index (χ1v) is 8.10. The van der Waals surface area contributed by atoms with Gasteiger partial charge in [-0.05, 0) is 50.3 Å². The van der Waals surface area contributed by atoms with Crippen molar-refractivity contribution in [3.05, 3.63) is 29.0 Å². The van der Waals surface area contributed by atoms with Crippen molar-refractivity contribution in [1.82, 2.24) is 19.7 Å². The van der Waals surface area contributed by atoms with Crippen molar-refractivity contribution >= 4 is 18.1 Å². The SMILES string of the molecule is CCOc1ccc(-c2n[nH]c(=S)n2CCC(=O)N(C)CC)cc1. The standard InChI is InChI=1S/C16H22N4O2S/c1-4-19(3)14(21)10-11-20-15(17-18-16(20)23)12-6-8-13(9-7-12)22-5-2/h6-9H,4-5,10-11H2,1-3H3,(H,18,23). The molecule has 1 aromatic carbocycles. The lowest BCUT2D eigenvalue weighted by atomic mass is 10.2. The molecule has 1 heterocycles. The third-order valence-electron chi connectivity index (χ3n) is 3.63. The number of aromatic nitrogens is 3. The molecule has 1 aromatic heterocycles. The van der Waals surface area contributed by atoms with Crippen LogP contribution in [0.3, 0.4) is 0 Å². The fourth-order valence-electron chi connectivity index (χ4n) is 2.19. The highest BCUT2D eigenvalue weighted by Crippen LogP contribution is 2.21. The van der Waals surface area contributed by atoms with E-state index in [4.69, 9.17) is 17.0 Å². The Morgan fingerprint density at radius 2 is 2.04 bits per heavy atom. The molecule has 1 amide bonds. The molecule has 1 N–H and O–H groups in total. The van der Waals surface area contributed by atoms with E-state index in [1.54, 1.807) is 11.9 Å². The van der Waals surface area contributed by atoms with Gasteiger partial charge in [-0.2, -0.15) is 5.10 Å². The van der Waals surface area contributed by atoms with Gasteiger partial charge in [0.25, 0.3) is 0 Å². The average Bonchev–Trinajstić information content (AvgIpc) is 2.93. The van der Waals surface area contributed by atoms with Crippen molar-refractivity contribution in [2.45, 2.75) is 26.8 Å². The fraction of sp³-hybridized carbons (Fsp3) is 0.438. The summed E-state index contributed by atoms with van der Waals surface area (Å²) in [6.45, 7) is 5.73. The Bertz CT molecular complexity index is 706. The van der Waals surface area contributed by atoms with Gasteiger partial charge in [-0.3, -0.25) is 14.5 Å². The van der Waals surface area contributed by atoms with Gasteiger partial charge >= 0.3 is 0 Å². The van der Waals surface area contributed by atoms with Gasteiger partial charge in [0.05, 0.1) is 6.61 Å². The van der Waals surface area contributed by atoms with Crippen LogP contribution >= 0.6 is 12.2 Å². The van der Waals surface area contributed by atoms with E-state index >= 15 is 0 Å². The number of nitrogens with zero attached hydrogens (tertiary/aromatic N) is 3. The van der Waals surface area contributed by atoms with E-state index in [0.29, 0.717) is 30.9 Å². The van der Waals surface area contributed by atoms with Gasteiger partial charge in [0.2, 0.25) is 5.91 Å². The van der Waals surface area contributed by atoms with Crippen LogP contribution in [0.5, 0.6) is 5.75 Å². The Morgan fingerprint density at radius 1 is 1.35 bits per heavy atom. The maximum Gasteiger partial charge on any atom is 0.224 e. The summed E-state index contributed by atoms with van der Waals surface area (Å²) in [5.41, 5.74) is 0.928. The number of amides is 1. The second-order valence-electron chi connectivity index (χ2n) is 5.12. The lowest BCUT2D eigenvalue weighted by molar-refractivity contribution is -0.129. The van der Waals surface area contributed by atoms with E-state index in [9.17, 15) is 4.79 Å². The maximum atomic E-state index is 12.0. The number of rotatable bonds is 7. The van der Waals surface area contributed by atoms with Crippen LogP contribution in [0.15, 0.2) is 24.3 Å². The van der Waals surface area contributed by atoms with Crippen LogP contribution in [0, 0.1) is 4.77 Å². The molecule has 0 unspecified atom stereocenters. The summed E-state index contributed by atoms with van der Waals surface area (Å²) in [7, 11) is 1.80. The molecule has 2 aromatic rings. The first-order chi connectivity index (χ1) is 11.1. The Balaban J connectivity index is 2.18. The molecule has 0 aliphatic carbocycles. The molecule has 0 fully saturated rings. The second kappa shape index (κ2) is 7.92. The third kappa shape index (κ3) is 4.19. The van der Waals surface area contributed by atoms with E-state index in [1.807, 2.05) is 42.7 Å². The summed E-state index contributed by atoms with van der Waals surface area (Å²) in [5.74, 6) is 1.63. The number of carbonyl (C=O) groups is 1. The zero-order valence-electron chi connectivity index (χ0n) is 13.7. The van der Waals surface area contributed by atoms with Gasteiger partial charge in [-0.25, -0.2) is 0 Å². The van der Waals surface area contributed by atoms with Crippen molar-refractivity contribution in [2.24, 2.45) is 0 Å². The van der Waals surface area contributed by atoms with Crippen LogP contribution < -0.4 is 4.74 Å². The largest absolute Gasteiger partial charge is 0.494 e. The summed E-state index contributed by atoms with van der Waals surface area (Å²) in [6.07, 6.45) is 0.391. The molecule has 23 heavy (non-hydrogen) atoms. The van der Waals surface area contributed by atoms with Crippen LogP contribution in [-0.4, -0.2) is 45.8 Å². The summed E-state index contributed by atoms with van der Waals surface area (Å²) in [5, 5.41) is 7.09. The highest BCUT2D eigenvalue weighted by Gasteiger charge is 2.12. The lowest BCUT2D eigenvalue weighted by Gasteiger charge is -2.15. The predicted octanol–water partition coefficient (Wildman–Crippen LogP) is 2.87. The van der Waals surface area contributed by atoms with E-state index in [1.165, 1.54) is 0 Å². The van der Waals surface area contributed by atoms with Crippen LogP contribution in [0.4, 0.5) is 0 Å². The zero-order chi connectivity index (χ0) is 16.8. The van der Waals surface area contributed by atoms with Crippen molar-refractivity contribution < 1.29 is 9.53 Å². The molecule has 0 radical (unpaired) electrons. The quantitative estimate of drug-likeness (QED) is 0.791. The molecule has 0 aliphatic heterocycles. The molecule has 0 saturated heterocycles. The molecule has 7 heteroatoms. The Hall–Kier alpha value is -2.15. The Morgan fingerprint density at radius 3 is 2.65 bits per heavy atom. The summed E-state index contributed by atoms with van der Waals surface area (Å²) < 4.78 is 7.81. The topological polar surface area (TPSA) is 63.1 Å². The normalized spacial score (nSPS) is 10.6. The fourth-order valence-corrected chi connectivity index (χ4v) is 2.41. The van der Waals surface area contributed by atoms with Crippen LogP contribution in [0.2, 0.25) is 0 Å². The van der Waals surface area contributed by atoms with Crippen LogP contribution in [0.1, 0.15) is 20.3 Å². The molecule has 0 saturated carbocycles. The number of H-pyrrole nitrogens is 1. The zero-order valence-corrected chi connectivity index (χ0v) is 14.5. The second-order valence-corrected chi connectivity index (χ2v) is 5.51. The number of aromatic amines is 1. The van der Waals surface area contributed by atoms with Gasteiger partial charge in [-0.15, -0.1) is 0 Å². The Labute approximate surface area is 141 Å². The molecule has 0 bridgehead atoms. The van der Waals surface area contributed by atoms with Gasteiger partial charge < -0.3 is 9.64 Å². The summed E-state index contributed by atoms with van der Waals surface area (Å²) in [6, 6.07) is 7.67. The van der Waals surface area contributed by atoms with Crippen molar-refractivity contribution in [3.8, 4) is 17.1 Å². The van der Waals surface area contributed by atoms with Gasteiger partial charge in [0.15, 0.2) is 10.6 Å². The molecular weight excluding hydrogens is 312 g/mol. The summed E-state index contributed by atoms with van der Waals surface area (Å²) >= 11 is 5.28. The van der Waals surface area contributed by atoms with Crippen LogP contribution in [0.25, 0.3) is 11.4 Å². The molecule has 6 nitrogen and oxygen atoms in total. The first kappa shape index (κ1) is 17.2. The van der Waals surface area contributed by atoms with E-state index in [0.717, 1.165) is 17.1 Å².